The molecule has 8 nitrogen and oxygen atoms in total. The fourth-order valence-corrected chi connectivity index (χ4v) is 4.67. The Bertz CT molecular complexity index is 823. The second-order valence-electron chi connectivity index (χ2n) is 8.54. The van der Waals surface area contributed by atoms with Crippen molar-refractivity contribution in [1.82, 2.24) is 25.0 Å². The molecule has 3 N–H and O–H groups in total. The second kappa shape index (κ2) is 9.24. The molecule has 0 aromatic carbocycles. The van der Waals surface area contributed by atoms with E-state index < -0.39 is 0 Å². The van der Waals surface area contributed by atoms with E-state index in [1.807, 2.05) is 0 Å². The van der Waals surface area contributed by atoms with Gasteiger partial charge in [0.2, 0.25) is 11.6 Å². The largest absolute Gasteiger partial charge is 0.394 e. The van der Waals surface area contributed by atoms with E-state index in [0.29, 0.717) is 6.54 Å². The Morgan fingerprint density at radius 1 is 1.10 bits per heavy atom. The summed E-state index contributed by atoms with van der Waals surface area (Å²) in [7, 11) is 2.21. The maximum absolute atomic E-state index is 12.6. The van der Waals surface area contributed by atoms with Crippen LogP contribution in [0.2, 0.25) is 0 Å². The Morgan fingerprint density at radius 2 is 1.83 bits per heavy atom. The number of ketones is 2. The third kappa shape index (κ3) is 4.40. The van der Waals surface area contributed by atoms with Gasteiger partial charge in [0.15, 0.2) is 0 Å². The van der Waals surface area contributed by atoms with Crippen molar-refractivity contribution in [3.05, 3.63) is 41.0 Å². The summed E-state index contributed by atoms with van der Waals surface area (Å²) in [5, 5.41) is 3.10. The molecule has 0 bridgehead atoms. The zero-order valence-electron chi connectivity index (χ0n) is 17.8. The highest BCUT2D eigenvalue weighted by molar-refractivity contribution is 6.25. The molecule has 162 valence electrons. The van der Waals surface area contributed by atoms with E-state index in [1.54, 1.807) is 12.1 Å². The number of nitrogens with zero attached hydrogens (tertiary/aromatic N) is 4. The zero-order valence-corrected chi connectivity index (χ0v) is 17.8. The standard InChI is InChI=1S/C22H32N6O2/c1-26-10-5-16(6-11-26)28-14-12-27(13-15-28)9-3-8-25-20-18(23)21(29)17-4-2-7-24-19(17)22(20)30/h2,4,7,16,25H,3,5-6,8-15,23H2,1H3. The Balaban J connectivity index is 1.21. The average Bonchev–Trinajstić information content (AvgIpc) is 2.78. The third-order valence-corrected chi connectivity index (χ3v) is 6.57. The van der Waals surface area contributed by atoms with Crippen LogP contribution in [0, 0.1) is 0 Å². The first-order chi connectivity index (χ1) is 14.5. The van der Waals surface area contributed by atoms with Gasteiger partial charge in [-0.15, -0.1) is 0 Å². The van der Waals surface area contributed by atoms with Crippen LogP contribution in [0.5, 0.6) is 0 Å². The molecule has 30 heavy (non-hydrogen) atoms. The van der Waals surface area contributed by atoms with Gasteiger partial charge in [0.1, 0.15) is 17.1 Å². The van der Waals surface area contributed by atoms with Crippen molar-refractivity contribution < 1.29 is 9.59 Å². The summed E-state index contributed by atoms with van der Waals surface area (Å²) in [6.45, 7) is 8.43. The highest BCUT2D eigenvalue weighted by atomic mass is 16.1. The summed E-state index contributed by atoms with van der Waals surface area (Å²) in [5.41, 5.74) is 6.60. The lowest BCUT2D eigenvalue weighted by atomic mass is 9.95. The fourth-order valence-electron chi connectivity index (χ4n) is 4.67. The number of hydrogen-bond acceptors (Lipinski definition) is 8. The van der Waals surface area contributed by atoms with Crippen LogP contribution in [0.1, 0.15) is 40.1 Å². The van der Waals surface area contributed by atoms with Crippen LogP contribution in [0.15, 0.2) is 29.7 Å². The van der Waals surface area contributed by atoms with Crippen molar-refractivity contribution in [2.45, 2.75) is 25.3 Å². The molecule has 0 atom stereocenters. The van der Waals surface area contributed by atoms with Crippen molar-refractivity contribution in [2.24, 2.45) is 5.73 Å². The topological polar surface area (TPSA) is 94.8 Å². The lowest BCUT2D eigenvalue weighted by Crippen LogP contribution is -2.53. The van der Waals surface area contributed by atoms with Crippen molar-refractivity contribution in [3.63, 3.8) is 0 Å². The van der Waals surface area contributed by atoms with Crippen LogP contribution in [-0.2, 0) is 0 Å². The van der Waals surface area contributed by atoms with Gasteiger partial charge < -0.3 is 20.9 Å². The zero-order chi connectivity index (χ0) is 21.1. The van der Waals surface area contributed by atoms with Gasteiger partial charge in [-0.1, -0.05) is 0 Å². The van der Waals surface area contributed by atoms with Crippen LogP contribution in [-0.4, -0.2) is 96.7 Å². The molecule has 3 heterocycles. The quantitative estimate of drug-likeness (QED) is 0.646. The van der Waals surface area contributed by atoms with E-state index in [9.17, 15) is 9.59 Å². The Morgan fingerprint density at radius 3 is 2.57 bits per heavy atom. The predicted molar refractivity (Wildman–Crippen MR) is 115 cm³/mol. The normalized spacial score (nSPS) is 22.4. The van der Waals surface area contributed by atoms with E-state index in [2.05, 4.69) is 32.0 Å². The van der Waals surface area contributed by atoms with E-state index in [0.717, 1.165) is 45.2 Å². The summed E-state index contributed by atoms with van der Waals surface area (Å²) >= 11 is 0. The minimum atomic E-state index is -0.328. The number of fused-ring (bicyclic) bond motifs is 1. The summed E-state index contributed by atoms with van der Waals surface area (Å²) in [6, 6.07) is 3.98. The molecule has 3 aliphatic rings. The van der Waals surface area contributed by atoms with Crippen molar-refractivity contribution >= 4 is 11.6 Å². The first-order valence-electron chi connectivity index (χ1n) is 11.0. The molecule has 8 heteroatoms. The highest BCUT2D eigenvalue weighted by Crippen LogP contribution is 2.21. The Hall–Kier alpha value is -2.29. The molecule has 2 fully saturated rings. The molecule has 0 spiro atoms. The number of hydrogen-bond donors (Lipinski definition) is 2. The number of carbonyl (C=O) groups excluding carboxylic acids is 2. The molecular weight excluding hydrogens is 380 g/mol. The van der Waals surface area contributed by atoms with Crippen LogP contribution in [0.3, 0.4) is 0 Å². The van der Waals surface area contributed by atoms with Gasteiger partial charge in [0, 0.05) is 45.0 Å². The monoisotopic (exact) mass is 412 g/mol. The number of carbonyl (C=O) groups is 2. The highest BCUT2D eigenvalue weighted by Gasteiger charge is 2.32. The number of rotatable bonds is 6. The Labute approximate surface area is 178 Å². The molecule has 2 saturated heterocycles. The molecule has 2 aliphatic heterocycles. The van der Waals surface area contributed by atoms with Crippen molar-refractivity contribution in [3.8, 4) is 0 Å². The molecular formula is C22H32N6O2. The number of Topliss-reactive ketones (excluding diaryl/α,β-unsaturated/α-hetero) is 2. The molecule has 0 saturated carbocycles. The number of nitrogens with one attached hydrogen (secondary N) is 1. The number of allylic oxidation sites excluding steroid dienone is 2. The van der Waals surface area contributed by atoms with Gasteiger partial charge in [-0.2, -0.15) is 0 Å². The van der Waals surface area contributed by atoms with E-state index in [4.69, 9.17) is 5.73 Å². The third-order valence-electron chi connectivity index (χ3n) is 6.57. The maximum atomic E-state index is 12.6. The molecule has 1 aromatic rings. The number of pyridine rings is 1. The van der Waals surface area contributed by atoms with Gasteiger partial charge in [-0.05, 0) is 58.1 Å². The van der Waals surface area contributed by atoms with Gasteiger partial charge in [-0.3, -0.25) is 19.5 Å². The van der Waals surface area contributed by atoms with Crippen molar-refractivity contribution in [1.29, 1.82) is 0 Å². The van der Waals surface area contributed by atoms with Crippen LogP contribution in [0.4, 0.5) is 0 Å². The van der Waals surface area contributed by atoms with Gasteiger partial charge in [-0.25, -0.2) is 0 Å². The van der Waals surface area contributed by atoms with E-state index in [1.165, 1.54) is 32.1 Å². The van der Waals surface area contributed by atoms with E-state index >= 15 is 0 Å². The lowest BCUT2D eigenvalue weighted by Gasteiger charge is -2.42. The number of likely N-dealkylation sites (tertiary alicyclic amines) is 1. The summed E-state index contributed by atoms with van der Waals surface area (Å²) in [5.74, 6) is -0.625. The summed E-state index contributed by atoms with van der Waals surface area (Å²) in [4.78, 5) is 36.7. The van der Waals surface area contributed by atoms with Crippen LogP contribution < -0.4 is 11.1 Å². The number of piperazine rings is 1. The van der Waals surface area contributed by atoms with Crippen LogP contribution >= 0.6 is 0 Å². The molecule has 1 aliphatic carbocycles. The smallest absolute Gasteiger partial charge is 0.230 e. The first kappa shape index (κ1) is 21.0. The molecule has 1 aromatic heterocycles. The predicted octanol–water partition coefficient (Wildman–Crippen LogP) is 0.322. The SMILES string of the molecule is CN1CCC(N2CCN(CCCNC3=C(N)C(=O)c4cccnc4C3=O)CC2)CC1. The molecule has 4 rings (SSSR count). The maximum Gasteiger partial charge on any atom is 0.230 e. The Kier molecular flexibility index (Phi) is 6.46. The van der Waals surface area contributed by atoms with Gasteiger partial charge in [0.05, 0.1) is 5.56 Å². The fraction of sp³-hybridized carbons (Fsp3) is 0.591. The lowest BCUT2D eigenvalue weighted by molar-refractivity contribution is 0.0643. The number of nitrogens with two attached hydrogens (primary N) is 1. The number of aromatic nitrogens is 1. The first-order valence-corrected chi connectivity index (χ1v) is 11.0. The summed E-state index contributed by atoms with van der Waals surface area (Å²) < 4.78 is 0. The molecule has 0 amide bonds. The van der Waals surface area contributed by atoms with Crippen molar-refractivity contribution in [2.75, 3.05) is 59.4 Å². The number of piperidine rings is 1. The second-order valence-corrected chi connectivity index (χ2v) is 8.54. The van der Waals surface area contributed by atoms with E-state index in [-0.39, 0.29) is 34.2 Å². The average molecular weight is 413 g/mol. The van der Waals surface area contributed by atoms with Crippen LogP contribution in [0.25, 0.3) is 0 Å². The minimum absolute atomic E-state index is 0.00718. The van der Waals surface area contributed by atoms with Gasteiger partial charge in [0.25, 0.3) is 0 Å². The molecule has 0 unspecified atom stereocenters. The summed E-state index contributed by atoms with van der Waals surface area (Å²) in [6.07, 6.45) is 4.97. The minimum Gasteiger partial charge on any atom is -0.394 e. The molecule has 0 radical (unpaired) electrons. The van der Waals surface area contributed by atoms with Gasteiger partial charge >= 0.3 is 0 Å².